The Balaban J connectivity index is 2.05. The number of hydrogen-bond donors (Lipinski definition) is 0. The van der Waals surface area contributed by atoms with Crippen molar-refractivity contribution in [3.8, 4) is 0 Å². The zero-order chi connectivity index (χ0) is 14.6. The van der Waals surface area contributed by atoms with Crippen LogP contribution in [0.3, 0.4) is 0 Å². The predicted octanol–water partition coefficient (Wildman–Crippen LogP) is 1.65. The maximum atomic E-state index is 11.9. The summed E-state index contributed by atoms with van der Waals surface area (Å²) < 4.78 is 27.0. The van der Waals surface area contributed by atoms with Crippen LogP contribution in [0, 0.1) is 6.92 Å². The van der Waals surface area contributed by atoms with Gasteiger partial charge in [0.25, 0.3) is 0 Å². The summed E-state index contributed by atoms with van der Waals surface area (Å²) in [5.41, 5.74) is 2.05. The molecule has 0 aliphatic heterocycles. The van der Waals surface area contributed by atoms with Crippen molar-refractivity contribution in [3.05, 3.63) is 53.9 Å². The van der Waals surface area contributed by atoms with Crippen LogP contribution in [0.4, 0.5) is 0 Å². The fourth-order valence-electron chi connectivity index (χ4n) is 1.95. The van der Waals surface area contributed by atoms with E-state index in [1.54, 1.807) is 10.9 Å². The van der Waals surface area contributed by atoms with Crippen molar-refractivity contribution in [3.63, 3.8) is 0 Å². The Labute approximate surface area is 119 Å². The number of nitrogens with zero attached hydrogens (tertiary/aromatic N) is 3. The van der Waals surface area contributed by atoms with Crippen molar-refractivity contribution in [1.29, 1.82) is 0 Å². The summed E-state index contributed by atoms with van der Waals surface area (Å²) in [5, 5.41) is 4.17. The van der Waals surface area contributed by atoms with Gasteiger partial charge in [-0.15, -0.1) is 0 Å². The average molecular weight is 293 g/mol. The van der Waals surface area contributed by atoms with Gasteiger partial charge in [0.2, 0.25) is 10.0 Å². The van der Waals surface area contributed by atoms with Crippen LogP contribution in [-0.4, -0.2) is 35.3 Å². The zero-order valence-electron chi connectivity index (χ0n) is 11.7. The maximum absolute atomic E-state index is 11.9. The molecule has 0 spiro atoms. The van der Waals surface area contributed by atoms with Gasteiger partial charge in [-0.25, -0.2) is 8.42 Å². The van der Waals surface area contributed by atoms with E-state index < -0.39 is 10.0 Å². The molecule has 2 aromatic rings. The third-order valence-corrected chi connectivity index (χ3v) is 4.26. The van der Waals surface area contributed by atoms with Crippen molar-refractivity contribution in [2.45, 2.75) is 20.0 Å². The van der Waals surface area contributed by atoms with Crippen LogP contribution in [-0.2, 0) is 23.1 Å². The van der Waals surface area contributed by atoms with E-state index in [9.17, 15) is 8.42 Å². The lowest BCUT2D eigenvalue weighted by Crippen LogP contribution is -2.32. The summed E-state index contributed by atoms with van der Waals surface area (Å²) in [5.74, 6) is 0. The number of aryl methyl sites for hydroxylation is 1. The molecule has 5 nitrogen and oxygen atoms in total. The molecule has 0 atom stereocenters. The second-order valence-corrected chi connectivity index (χ2v) is 6.85. The normalized spacial score (nSPS) is 11.9. The summed E-state index contributed by atoms with van der Waals surface area (Å²) in [6, 6.07) is 9.59. The molecule has 20 heavy (non-hydrogen) atoms. The van der Waals surface area contributed by atoms with E-state index in [1.165, 1.54) is 10.6 Å². The van der Waals surface area contributed by atoms with Gasteiger partial charge < -0.3 is 0 Å². The van der Waals surface area contributed by atoms with Crippen molar-refractivity contribution < 1.29 is 8.42 Å². The lowest BCUT2D eigenvalue weighted by atomic mass is 10.2. The fourth-order valence-corrected chi connectivity index (χ4v) is 2.75. The van der Waals surface area contributed by atoms with Gasteiger partial charge in [-0.05, 0) is 18.1 Å². The van der Waals surface area contributed by atoms with Crippen LogP contribution in [0.5, 0.6) is 0 Å². The summed E-state index contributed by atoms with van der Waals surface area (Å²) in [6.07, 6.45) is 4.91. The summed E-state index contributed by atoms with van der Waals surface area (Å²) in [4.78, 5) is 0. The van der Waals surface area contributed by atoms with Gasteiger partial charge >= 0.3 is 0 Å². The lowest BCUT2D eigenvalue weighted by molar-refractivity contribution is 0.381. The molecule has 0 fully saturated rings. The van der Waals surface area contributed by atoms with E-state index in [0.29, 0.717) is 19.6 Å². The van der Waals surface area contributed by atoms with Crippen LogP contribution in [0.2, 0.25) is 0 Å². The Hall–Kier alpha value is -1.66. The molecular formula is C14H19N3O2S. The van der Waals surface area contributed by atoms with Crippen molar-refractivity contribution >= 4 is 10.0 Å². The number of aromatic nitrogens is 2. The van der Waals surface area contributed by atoms with Crippen LogP contribution in [0.1, 0.15) is 11.1 Å². The first-order valence-electron chi connectivity index (χ1n) is 6.43. The zero-order valence-corrected chi connectivity index (χ0v) is 12.5. The van der Waals surface area contributed by atoms with Gasteiger partial charge in [0.15, 0.2) is 0 Å². The number of hydrogen-bond acceptors (Lipinski definition) is 3. The SMILES string of the molecule is Cc1cnn(CCN(Cc2ccccc2)S(C)(=O)=O)c1. The summed E-state index contributed by atoms with van der Waals surface area (Å²) in [7, 11) is -3.23. The first-order valence-corrected chi connectivity index (χ1v) is 8.28. The van der Waals surface area contributed by atoms with E-state index in [2.05, 4.69) is 5.10 Å². The van der Waals surface area contributed by atoms with Crippen LogP contribution < -0.4 is 0 Å². The van der Waals surface area contributed by atoms with Crippen LogP contribution >= 0.6 is 0 Å². The standard InChI is InChI=1S/C14H19N3O2S/c1-13-10-15-16(11-13)8-9-17(20(2,18)19)12-14-6-4-3-5-7-14/h3-7,10-11H,8-9,12H2,1-2H3. The van der Waals surface area contributed by atoms with Gasteiger partial charge in [0.05, 0.1) is 19.0 Å². The van der Waals surface area contributed by atoms with E-state index in [-0.39, 0.29) is 0 Å². The van der Waals surface area contributed by atoms with E-state index >= 15 is 0 Å². The minimum absolute atomic E-state index is 0.389. The monoisotopic (exact) mass is 293 g/mol. The molecule has 1 aromatic carbocycles. The molecule has 1 aromatic heterocycles. The van der Waals surface area contributed by atoms with Crippen molar-refractivity contribution in [1.82, 2.24) is 14.1 Å². The minimum atomic E-state index is -3.23. The lowest BCUT2D eigenvalue weighted by Gasteiger charge is -2.20. The third-order valence-electron chi connectivity index (χ3n) is 3.01. The Morgan fingerprint density at radius 3 is 2.50 bits per heavy atom. The Morgan fingerprint density at radius 2 is 1.95 bits per heavy atom. The van der Waals surface area contributed by atoms with E-state index in [0.717, 1.165) is 11.1 Å². The molecule has 0 saturated carbocycles. The third kappa shape index (κ3) is 4.18. The molecule has 0 aliphatic rings. The average Bonchev–Trinajstić information content (AvgIpc) is 2.80. The van der Waals surface area contributed by atoms with Gasteiger partial charge in [-0.1, -0.05) is 30.3 Å². The quantitative estimate of drug-likeness (QED) is 0.814. The first-order chi connectivity index (χ1) is 9.45. The maximum Gasteiger partial charge on any atom is 0.211 e. The van der Waals surface area contributed by atoms with Crippen molar-refractivity contribution in [2.75, 3.05) is 12.8 Å². The largest absolute Gasteiger partial charge is 0.271 e. The van der Waals surface area contributed by atoms with Crippen LogP contribution in [0.15, 0.2) is 42.7 Å². The highest BCUT2D eigenvalue weighted by Gasteiger charge is 2.16. The molecular weight excluding hydrogens is 274 g/mol. The molecule has 0 unspecified atom stereocenters. The highest BCUT2D eigenvalue weighted by Crippen LogP contribution is 2.08. The number of benzene rings is 1. The van der Waals surface area contributed by atoms with E-state index in [4.69, 9.17) is 0 Å². The van der Waals surface area contributed by atoms with Crippen LogP contribution in [0.25, 0.3) is 0 Å². The fraction of sp³-hybridized carbons (Fsp3) is 0.357. The molecule has 2 rings (SSSR count). The molecule has 0 saturated heterocycles. The molecule has 0 bridgehead atoms. The highest BCUT2D eigenvalue weighted by atomic mass is 32.2. The predicted molar refractivity (Wildman–Crippen MR) is 78.7 cm³/mol. The summed E-state index contributed by atoms with van der Waals surface area (Å²) >= 11 is 0. The minimum Gasteiger partial charge on any atom is -0.271 e. The van der Waals surface area contributed by atoms with Gasteiger partial charge in [-0.3, -0.25) is 4.68 Å². The molecule has 1 heterocycles. The van der Waals surface area contributed by atoms with Gasteiger partial charge in [-0.2, -0.15) is 9.40 Å². The van der Waals surface area contributed by atoms with Gasteiger partial charge in [0.1, 0.15) is 0 Å². The molecule has 0 N–H and O–H groups in total. The van der Waals surface area contributed by atoms with E-state index in [1.807, 2.05) is 43.5 Å². The molecule has 6 heteroatoms. The van der Waals surface area contributed by atoms with Crippen molar-refractivity contribution in [2.24, 2.45) is 0 Å². The van der Waals surface area contributed by atoms with Gasteiger partial charge in [0, 0.05) is 19.3 Å². The second-order valence-electron chi connectivity index (χ2n) is 4.86. The Bertz CT molecular complexity index is 650. The second kappa shape index (κ2) is 6.19. The molecule has 0 radical (unpaired) electrons. The highest BCUT2D eigenvalue weighted by molar-refractivity contribution is 7.88. The number of sulfonamides is 1. The topological polar surface area (TPSA) is 55.2 Å². The molecule has 0 aliphatic carbocycles. The number of rotatable bonds is 6. The smallest absolute Gasteiger partial charge is 0.211 e. The Kier molecular flexibility index (Phi) is 4.57. The molecule has 108 valence electrons. The molecule has 0 amide bonds. The summed E-state index contributed by atoms with van der Waals surface area (Å²) in [6.45, 7) is 3.31. The Morgan fingerprint density at radius 1 is 1.25 bits per heavy atom. The first kappa shape index (κ1) is 14.7.